The molecule has 0 saturated carbocycles. The van der Waals surface area contributed by atoms with Crippen molar-refractivity contribution in [3.63, 3.8) is 0 Å². The highest BCUT2D eigenvalue weighted by molar-refractivity contribution is 7.89. The quantitative estimate of drug-likeness (QED) is 0.305. The van der Waals surface area contributed by atoms with Crippen LogP contribution in [-0.4, -0.2) is 76.5 Å². The van der Waals surface area contributed by atoms with E-state index in [0.29, 0.717) is 51.5 Å². The highest BCUT2D eigenvalue weighted by atomic mass is 32.2. The van der Waals surface area contributed by atoms with E-state index in [-0.39, 0.29) is 11.8 Å². The molecule has 0 aromatic heterocycles. The van der Waals surface area contributed by atoms with Crippen molar-refractivity contribution in [3.05, 3.63) is 0 Å². The maximum atomic E-state index is 12.4. The molecular formula is C14H28F3N5O2S. The fourth-order valence-corrected chi connectivity index (χ4v) is 3.12. The minimum atomic E-state index is -4.18. The van der Waals surface area contributed by atoms with Gasteiger partial charge in [-0.3, -0.25) is 9.89 Å². The van der Waals surface area contributed by atoms with Crippen molar-refractivity contribution in [3.8, 4) is 0 Å². The third kappa shape index (κ3) is 9.85. The second-order valence-electron chi connectivity index (χ2n) is 5.89. The van der Waals surface area contributed by atoms with Crippen LogP contribution in [0, 0.1) is 0 Å². The van der Waals surface area contributed by atoms with E-state index in [9.17, 15) is 21.6 Å². The van der Waals surface area contributed by atoms with Crippen LogP contribution in [0.3, 0.4) is 0 Å². The van der Waals surface area contributed by atoms with Crippen molar-refractivity contribution in [2.45, 2.75) is 38.9 Å². The van der Waals surface area contributed by atoms with Gasteiger partial charge in [-0.25, -0.2) is 13.1 Å². The molecule has 11 heteroatoms. The molecule has 1 aliphatic heterocycles. The Morgan fingerprint density at radius 3 is 2.64 bits per heavy atom. The Kier molecular flexibility index (Phi) is 8.94. The van der Waals surface area contributed by atoms with Crippen molar-refractivity contribution in [1.82, 2.24) is 20.3 Å². The number of hydrogen-bond donors (Lipinski definition) is 3. The molecule has 1 fully saturated rings. The summed E-state index contributed by atoms with van der Waals surface area (Å²) in [5.41, 5.74) is 0. The Morgan fingerprint density at radius 2 is 2.04 bits per heavy atom. The molecule has 1 rings (SSSR count). The van der Waals surface area contributed by atoms with Crippen molar-refractivity contribution < 1.29 is 21.6 Å². The summed E-state index contributed by atoms with van der Waals surface area (Å²) in [4.78, 5) is 5.72. The van der Waals surface area contributed by atoms with E-state index in [4.69, 9.17) is 0 Å². The summed E-state index contributed by atoms with van der Waals surface area (Å²) >= 11 is 0. The second kappa shape index (κ2) is 10.2. The average molecular weight is 387 g/mol. The van der Waals surface area contributed by atoms with E-state index in [1.54, 1.807) is 6.92 Å². The van der Waals surface area contributed by atoms with Crippen LogP contribution in [0.5, 0.6) is 0 Å². The van der Waals surface area contributed by atoms with E-state index in [1.807, 2.05) is 6.92 Å². The summed E-state index contributed by atoms with van der Waals surface area (Å²) in [5, 5.41) is 6.19. The number of guanidine groups is 1. The largest absolute Gasteiger partial charge is 0.401 e. The fourth-order valence-electron chi connectivity index (χ4n) is 2.46. The molecule has 1 heterocycles. The SMILES string of the molecule is CCNC(=NCCCNS(=O)(=O)CC)NC1CCN(CC(F)(F)F)C1. The van der Waals surface area contributed by atoms with Crippen LogP contribution in [0.1, 0.15) is 26.7 Å². The van der Waals surface area contributed by atoms with Gasteiger partial charge in [0.2, 0.25) is 10.0 Å². The molecular weight excluding hydrogens is 359 g/mol. The molecule has 0 spiro atoms. The van der Waals surface area contributed by atoms with Gasteiger partial charge in [-0.15, -0.1) is 0 Å². The van der Waals surface area contributed by atoms with Crippen molar-refractivity contribution >= 4 is 16.0 Å². The molecule has 1 saturated heterocycles. The number of aliphatic imine (C=N–C) groups is 1. The van der Waals surface area contributed by atoms with Gasteiger partial charge in [-0.05, 0) is 26.7 Å². The van der Waals surface area contributed by atoms with Gasteiger partial charge in [0, 0.05) is 38.8 Å². The van der Waals surface area contributed by atoms with Gasteiger partial charge in [0.15, 0.2) is 5.96 Å². The van der Waals surface area contributed by atoms with Crippen LogP contribution < -0.4 is 15.4 Å². The first kappa shape index (κ1) is 22.0. The van der Waals surface area contributed by atoms with Gasteiger partial charge in [0.25, 0.3) is 0 Å². The highest BCUT2D eigenvalue weighted by Crippen LogP contribution is 2.19. The summed E-state index contributed by atoms with van der Waals surface area (Å²) < 4.78 is 62.3. The zero-order valence-corrected chi connectivity index (χ0v) is 15.5. The smallest absolute Gasteiger partial charge is 0.357 e. The van der Waals surface area contributed by atoms with Gasteiger partial charge in [0.05, 0.1) is 12.3 Å². The second-order valence-corrected chi connectivity index (χ2v) is 7.99. The summed E-state index contributed by atoms with van der Waals surface area (Å²) in [5.74, 6) is 0.580. The lowest BCUT2D eigenvalue weighted by Gasteiger charge is -2.19. The summed E-state index contributed by atoms with van der Waals surface area (Å²) in [7, 11) is -3.20. The molecule has 0 aliphatic carbocycles. The number of likely N-dealkylation sites (tertiary alicyclic amines) is 1. The zero-order valence-electron chi connectivity index (χ0n) is 14.7. The maximum Gasteiger partial charge on any atom is 0.401 e. The zero-order chi connectivity index (χ0) is 18.9. The first-order valence-corrected chi connectivity index (χ1v) is 10.1. The number of hydrogen-bond acceptors (Lipinski definition) is 4. The first-order valence-electron chi connectivity index (χ1n) is 8.46. The Morgan fingerprint density at radius 1 is 1.32 bits per heavy atom. The van der Waals surface area contributed by atoms with Crippen molar-refractivity contribution in [2.75, 3.05) is 45.0 Å². The average Bonchev–Trinajstić information content (AvgIpc) is 2.92. The molecule has 1 aliphatic rings. The Hall–Kier alpha value is -1.07. The monoisotopic (exact) mass is 387 g/mol. The van der Waals surface area contributed by atoms with E-state index >= 15 is 0 Å². The number of alkyl halides is 3. The van der Waals surface area contributed by atoms with E-state index in [1.165, 1.54) is 4.90 Å². The molecule has 1 unspecified atom stereocenters. The van der Waals surface area contributed by atoms with Gasteiger partial charge < -0.3 is 10.6 Å². The molecule has 148 valence electrons. The molecule has 0 bridgehead atoms. The number of sulfonamides is 1. The molecule has 0 aromatic carbocycles. The van der Waals surface area contributed by atoms with E-state index < -0.39 is 22.7 Å². The van der Waals surface area contributed by atoms with E-state index in [0.717, 1.165) is 0 Å². The molecule has 0 aromatic rings. The van der Waals surface area contributed by atoms with Crippen LogP contribution in [0.4, 0.5) is 13.2 Å². The standard InChI is InChI=1S/C14H28F3N5O2S/c1-3-18-13(19-7-5-8-20-25(23,24)4-2)21-12-6-9-22(10-12)11-14(15,16)17/h12,20H,3-11H2,1-2H3,(H2,18,19,21). The summed E-state index contributed by atoms with van der Waals surface area (Å²) in [6.07, 6.45) is -3.02. The van der Waals surface area contributed by atoms with Gasteiger partial charge in [-0.2, -0.15) is 13.2 Å². The fraction of sp³-hybridized carbons (Fsp3) is 0.929. The highest BCUT2D eigenvalue weighted by Gasteiger charge is 2.34. The lowest BCUT2D eigenvalue weighted by molar-refractivity contribution is -0.143. The van der Waals surface area contributed by atoms with Gasteiger partial charge >= 0.3 is 6.18 Å². The predicted molar refractivity (Wildman–Crippen MR) is 92.1 cm³/mol. The summed E-state index contributed by atoms with van der Waals surface area (Å²) in [6, 6.07) is -0.0845. The Balaban J connectivity index is 2.38. The number of rotatable bonds is 9. The van der Waals surface area contributed by atoms with Crippen LogP contribution in [-0.2, 0) is 10.0 Å². The number of nitrogens with one attached hydrogen (secondary N) is 3. The first-order chi connectivity index (χ1) is 11.6. The van der Waals surface area contributed by atoms with Gasteiger partial charge in [-0.1, -0.05) is 0 Å². The van der Waals surface area contributed by atoms with Crippen LogP contribution in [0.15, 0.2) is 4.99 Å². The van der Waals surface area contributed by atoms with Crippen molar-refractivity contribution in [1.29, 1.82) is 0 Å². The molecule has 7 nitrogen and oxygen atoms in total. The predicted octanol–water partition coefficient (Wildman–Crippen LogP) is 0.508. The summed E-state index contributed by atoms with van der Waals surface area (Å²) in [6.45, 7) is 4.65. The minimum absolute atomic E-state index is 0.0383. The number of nitrogens with zero attached hydrogens (tertiary/aromatic N) is 2. The minimum Gasteiger partial charge on any atom is -0.357 e. The van der Waals surface area contributed by atoms with Crippen LogP contribution >= 0.6 is 0 Å². The molecule has 0 amide bonds. The Labute approximate surface area is 147 Å². The normalized spacial score (nSPS) is 20.0. The van der Waals surface area contributed by atoms with Crippen molar-refractivity contribution in [2.24, 2.45) is 4.99 Å². The third-order valence-corrected chi connectivity index (χ3v) is 5.07. The lowest BCUT2D eigenvalue weighted by Crippen LogP contribution is -2.45. The molecule has 25 heavy (non-hydrogen) atoms. The van der Waals surface area contributed by atoms with Crippen LogP contribution in [0.25, 0.3) is 0 Å². The number of halogens is 3. The Bertz CT molecular complexity index is 525. The van der Waals surface area contributed by atoms with Crippen LogP contribution in [0.2, 0.25) is 0 Å². The topological polar surface area (TPSA) is 85.8 Å². The molecule has 3 N–H and O–H groups in total. The van der Waals surface area contributed by atoms with Gasteiger partial charge in [0.1, 0.15) is 0 Å². The molecule has 0 radical (unpaired) electrons. The lowest BCUT2D eigenvalue weighted by atomic mass is 10.3. The maximum absolute atomic E-state index is 12.4. The molecule has 1 atom stereocenters. The third-order valence-electron chi connectivity index (χ3n) is 3.67. The van der Waals surface area contributed by atoms with E-state index in [2.05, 4.69) is 20.3 Å².